The van der Waals surface area contributed by atoms with Gasteiger partial charge in [-0.2, -0.15) is 0 Å². The van der Waals surface area contributed by atoms with Crippen molar-refractivity contribution in [3.63, 3.8) is 0 Å². The van der Waals surface area contributed by atoms with Gasteiger partial charge in [0.1, 0.15) is 6.61 Å². The van der Waals surface area contributed by atoms with Crippen molar-refractivity contribution in [1.29, 1.82) is 0 Å². The number of hydrogen-bond acceptors (Lipinski definition) is 6. The molecule has 0 radical (unpaired) electrons. The number of carbonyl (C=O) groups excluding carboxylic acids is 2. The SMILES string of the molecule is COC(=O)C1CCC(OC[C@@H]2C[C@H](OCC(=O)N(C)C)CN2)CC1. The smallest absolute Gasteiger partial charge is 0.308 e. The molecule has 2 rings (SSSR count). The highest BCUT2D eigenvalue weighted by atomic mass is 16.5. The largest absolute Gasteiger partial charge is 0.469 e. The number of carbonyl (C=O) groups is 2. The van der Waals surface area contributed by atoms with Crippen LogP contribution < -0.4 is 5.32 Å². The summed E-state index contributed by atoms with van der Waals surface area (Å²) in [5, 5.41) is 3.39. The Balaban J connectivity index is 1.59. The van der Waals surface area contributed by atoms with Gasteiger partial charge in [-0.15, -0.1) is 0 Å². The van der Waals surface area contributed by atoms with E-state index in [1.54, 1.807) is 14.1 Å². The zero-order valence-electron chi connectivity index (χ0n) is 15.0. The zero-order chi connectivity index (χ0) is 17.5. The standard InChI is InChI=1S/C17H30N2O5/c1-19(2)16(20)11-24-15-8-13(18-9-15)10-23-14-6-4-12(5-7-14)17(21)22-3/h12-15,18H,4-11H2,1-3H3/t12?,13-,14?,15-/m0/s1. The molecule has 1 saturated carbocycles. The first-order valence-corrected chi connectivity index (χ1v) is 8.74. The number of esters is 1. The van der Waals surface area contributed by atoms with Gasteiger partial charge in [0.05, 0.1) is 31.8 Å². The Bertz CT molecular complexity index is 421. The molecule has 1 saturated heterocycles. The van der Waals surface area contributed by atoms with Gasteiger partial charge in [0.15, 0.2) is 0 Å². The van der Waals surface area contributed by atoms with Crippen LogP contribution in [0.2, 0.25) is 0 Å². The first kappa shape index (κ1) is 19.1. The molecule has 0 unspecified atom stereocenters. The number of ether oxygens (including phenoxy) is 3. The second-order valence-electron chi connectivity index (χ2n) is 6.89. The summed E-state index contributed by atoms with van der Waals surface area (Å²) in [5.41, 5.74) is 0. The van der Waals surface area contributed by atoms with Crippen molar-refractivity contribution < 1.29 is 23.8 Å². The molecule has 1 aliphatic heterocycles. The van der Waals surface area contributed by atoms with Crippen molar-refractivity contribution in [3.05, 3.63) is 0 Å². The highest BCUT2D eigenvalue weighted by Crippen LogP contribution is 2.27. The second kappa shape index (κ2) is 9.34. The van der Waals surface area contributed by atoms with E-state index >= 15 is 0 Å². The van der Waals surface area contributed by atoms with E-state index < -0.39 is 0 Å². The van der Waals surface area contributed by atoms with Gasteiger partial charge in [-0.1, -0.05) is 0 Å². The van der Waals surface area contributed by atoms with Crippen LogP contribution in [0.1, 0.15) is 32.1 Å². The zero-order valence-corrected chi connectivity index (χ0v) is 15.0. The fourth-order valence-corrected chi connectivity index (χ4v) is 3.24. The van der Waals surface area contributed by atoms with Crippen molar-refractivity contribution in [2.24, 2.45) is 5.92 Å². The van der Waals surface area contributed by atoms with Crippen LogP contribution in [0.3, 0.4) is 0 Å². The van der Waals surface area contributed by atoms with Crippen LogP contribution in [0.25, 0.3) is 0 Å². The van der Waals surface area contributed by atoms with Gasteiger partial charge in [0.25, 0.3) is 0 Å². The first-order valence-electron chi connectivity index (χ1n) is 8.74. The number of nitrogens with zero attached hydrogens (tertiary/aromatic N) is 1. The molecule has 0 aromatic heterocycles. The van der Waals surface area contributed by atoms with Crippen molar-refractivity contribution in [2.45, 2.75) is 50.4 Å². The van der Waals surface area contributed by atoms with Crippen molar-refractivity contribution >= 4 is 11.9 Å². The third kappa shape index (κ3) is 5.72. The van der Waals surface area contributed by atoms with Crippen molar-refractivity contribution in [1.82, 2.24) is 10.2 Å². The number of rotatable bonds is 7. The Labute approximate surface area is 144 Å². The normalized spacial score (nSPS) is 30.1. The van der Waals surface area contributed by atoms with Gasteiger partial charge in [0, 0.05) is 26.7 Å². The van der Waals surface area contributed by atoms with Gasteiger partial charge in [0.2, 0.25) is 5.91 Å². The maximum atomic E-state index is 11.5. The van der Waals surface area contributed by atoms with Crippen molar-refractivity contribution in [2.75, 3.05) is 41.0 Å². The first-order chi connectivity index (χ1) is 11.5. The minimum Gasteiger partial charge on any atom is -0.469 e. The summed E-state index contributed by atoms with van der Waals surface area (Å²) in [6, 6.07) is 0.266. The number of likely N-dealkylation sites (N-methyl/N-ethyl adjacent to an activating group) is 1. The van der Waals surface area contributed by atoms with Gasteiger partial charge < -0.3 is 24.4 Å². The van der Waals surface area contributed by atoms with E-state index in [0.717, 1.165) is 38.6 Å². The fourth-order valence-electron chi connectivity index (χ4n) is 3.24. The third-order valence-electron chi connectivity index (χ3n) is 4.86. The summed E-state index contributed by atoms with van der Waals surface area (Å²) >= 11 is 0. The number of methoxy groups -OCH3 is 1. The molecule has 7 heteroatoms. The second-order valence-corrected chi connectivity index (χ2v) is 6.89. The Hall–Kier alpha value is -1.18. The van der Waals surface area contributed by atoms with Gasteiger partial charge >= 0.3 is 5.97 Å². The molecule has 0 bridgehead atoms. The Morgan fingerprint density at radius 1 is 1.08 bits per heavy atom. The monoisotopic (exact) mass is 342 g/mol. The molecular weight excluding hydrogens is 312 g/mol. The van der Waals surface area contributed by atoms with Crippen LogP contribution >= 0.6 is 0 Å². The summed E-state index contributed by atoms with van der Waals surface area (Å²) in [6.07, 6.45) is 4.65. The lowest BCUT2D eigenvalue weighted by Gasteiger charge is -2.27. The summed E-state index contributed by atoms with van der Waals surface area (Å²) in [5.74, 6) is -0.0818. The summed E-state index contributed by atoms with van der Waals surface area (Å²) in [4.78, 5) is 24.6. The predicted molar refractivity (Wildman–Crippen MR) is 88.6 cm³/mol. The predicted octanol–water partition coefficient (Wildman–Crippen LogP) is 0.570. The quantitative estimate of drug-likeness (QED) is 0.682. The van der Waals surface area contributed by atoms with Crippen LogP contribution in [0.5, 0.6) is 0 Å². The molecule has 2 fully saturated rings. The average Bonchev–Trinajstić information content (AvgIpc) is 3.05. The molecule has 0 aromatic carbocycles. The lowest BCUT2D eigenvalue weighted by molar-refractivity contribution is -0.147. The molecule has 1 aliphatic carbocycles. The molecule has 0 spiro atoms. The Morgan fingerprint density at radius 3 is 2.42 bits per heavy atom. The summed E-state index contributed by atoms with van der Waals surface area (Å²) in [7, 11) is 4.90. The van der Waals surface area contributed by atoms with Gasteiger partial charge in [-0.05, 0) is 32.1 Å². The maximum absolute atomic E-state index is 11.5. The van der Waals surface area contributed by atoms with E-state index in [1.807, 2.05) is 0 Å². The molecule has 1 heterocycles. The molecule has 7 nitrogen and oxygen atoms in total. The maximum Gasteiger partial charge on any atom is 0.308 e. The third-order valence-corrected chi connectivity index (χ3v) is 4.86. The highest BCUT2D eigenvalue weighted by molar-refractivity contribution is 5.76. The number of nitrogens with one attached hydrogen (secondary N) is 1. The van der Waals surface area contributed by atoms with Crippen molar-refractivity contribution in [3.8, 4) is 0 Å². The average molecular weight is 342 g/mol. The number of hydrogen-bond donors (Lipinski definition) is 1. The minimum absolute atomic E-state index is 0.0166. The molecular formula is C17H30N2O5. The Kier molecular flexibility index (Phi) is 7.45. The lowest BCUT2D eigenvalue weighted by Crippen LogP contribution is -2.32. The van der Waals surface area contributed by atoms with E-state index in [0.29, 0.717) is 6.61 Å². The molecule has 0 aromatic rings. The van der Waals surface area contributed by atoms with Gasteiger partial charge in [-0.3, -0.25) is 9.59 Å². The van der Waals surface area contributed by atoms with E-state index in [1.165, 1.54) is 12.0 Å². The Morgan fingerprint density at radius 2 is 1.79 bits per heavy atom. The van der Waals surface area contributed by atoms with E-state index in [9.17, 15) is 9.59 Å². The van der Waals surface area contributed by atoms with E-state index in [4.69, 9.17) is 14.2 Å². The molecule has 138 valence electrons. The molecule has 1 N–H and O–H groups in total. The van der Waals surface area contributed by atoms with Crippen LogP contribution in [-0.4, -0.2) is 76.0 Å². The minimum atomic E-state index is -0.0989. The van der Waals surface area contributed by atoms with Crippen LogP contribution in [0, 0.1) is 5.92 Å². The fraction of sp³-hybridized carbons (Fsp3) is 0.882. The molecule has 2 aliphatic rings. The van der Waals surface area contributed by atoms with Crippen LogP contribution in [0.4, 0.5) is 0 Å². The molecule has 24 heavy (non-hydrogen) atoms. The summed E-state index contributed by atoms with van der Waals surface area (Å²) in [6.45, 7) is 1.53. The highest BCUT2D eigenvalue weighted by Gasteiger charge is 2.29. The van der Waals surface area contributed by atoms with Crippen LogP contribution in [-0.2, 0) is 23.8 Å². The van der Waals surface area contributed by atoms with Crippen LogP contribution in [0.15, 0.2) is 0 Å². The van der Waals surface area contributed by atoms with E-state index in [2.05, 4.69) is 5.32 Å². The summed E-state index contributed by atoms with van der Waals surface area (Å²) < 4.78 is 16.4. The molecule has 1 amide bonds. The molecule has 2 atom stereocenters. The lowest BCUT2D eigenvalue weighted by atomic mass is 9.87. The van der Waals surface area contributed by atoms with E-state index in [-0.39, 0.29) is 42.7 Å². The topological polar surface area (TPSA) is 77.1 Å². The number of amides is 1. The van der Waals surface area contributed by atoms with Gasteiger partial charge in [-0.25, -0.2) is 0 Å².